The lowest BCUT2D eigenvalue weighted by Crippen LogP contribution is -2.22. The van der Waals surface area contributed by atoms with E-state index in [0.717, 1.165) is 5.92 Å². The summed E-state index contributed by atoms with van der Waals surface area (Å²) in [4.78, 5) is 1.33. The highest BCUT2D eigenvalue weighted by Crippen LogP contribution is 2.42. The van der Waals surface area contributed by atoms with E-state index in [4.69, 9.17) is 0 Å². The molecular weight excluding hydrogens is 226 g/mol. The summed E-state index contributed by atoms with van der Waals surface area (Å²) in [7, 11) is 0. The SMILES string of the molecule is CSc1ccc(NC2CC(C)(C)CC2C)cc1. The van der Waals surface area contributed by atoms with E-state index in [0.29, 0.717) is 11.5 Å². The third kappa shape index (κ3) is 3.19. The van der Waals surface area contributed by atoms with E-state index in [2.05, 4.69) is 56.6 Å². The summed E-state index contributed by atoms with van der Waals surface area (Å²) in [6.45, 7) is 7.12. The number of thioether (sulfide) groups is 1. The van der Waals surface area contributed by atoms with E-state index in [1.54, 1.807) is 11.8 Å². The van der Waals surface area contributed by atoms with Crippen LogP contribution in [0.4, 0.5) is 5.69 Å². The van der Waals surface area contributed by atoms with Crippen molar-refractivity contribution in [2.24, 2.45) is 11.3 Å². The molecule has 0 spiro atoms. The quantitative estimate of drug-likeness (QED) is 0.783. The van der Waals surface area contributed by atoms with E-state index in [9.17, 15) is 0 Å². The molecule has 2 atom stereocenters. The van der Waals surface area contributed by atoms with Crippen LogP contribution in [0.1, 0.15) is 33.6 Å². The fraction of sp³-hybridized carbons (Fsp3) is 0.600. The highest BCUT2D eigenvalue weighted by molar-refractivity contribution is 7.98. The summed E-state index contributed by atoms with van der Waals surface area (Å²) < 4.78 is 0. The fourth-order valence-corrected chi connectivity index (χ4v) is 3.40. The Balaban J connectivity index is 2.01. The molecule has 0 amide bonds. The van der Waals surface area contributed by atoms with E-state index in [1.807, 2.05) is 0 Å². The maximum Gasteiger partial charge on any atom is 0.0343 e. The normalized spacial score (nSPS) is 27.1. The van der Waals surface area contributed by atoms with Crippen molar-refractivity contribution in [3.63, 3.8) is 0 Å². The molecule has 1 fully saturated rings. The van der Waals surface area contributed by atoms with Gasteiger partial charge in [0.1, 0.15) is 0 Å². The lowest BCUT2D eigenvalue weighted by molar-refractivity contribution is 0.366. The van der Waals surface area contributed by atoms with Crippen molar-refractivity contribution in [3.05, 3.63) is 24.3 Å². The third-order valence-electron chi connectivity index (χ3n) is 3.78. The monoisotopic (exact) mass is 249 g/mol. The van der Waals surface area contributed by atoms with Crippen molar-refractivity contribution < 1.29 is 0 Å². The lowest BCUT2D eigenvalue weighted by Gasteiger charge is -2.20. The van der Waals surface area contributed by atoms with Crippen molar-refractivity contribution in [1.82, 2.24) is 0 Å². The number of benzene rings is 1. The van der Waals surface area contributed by atoms with Crippen LogP contribution in [0.15, 0.2) is 29.2 Å². The second-order valence-corrected chi connectivity index (χ2v) is 6.91. The molecule has 1 aliphatic carbocycles. The number of hydrogen-bond acceptors (Lipinski definition) is 2. The van der Waals surface area contributed by atoms with Gasteiger partial charge in [-0.05, 0) is 54.7 Å². The molecule has 17 heavy (non-hydrogen) atoms. The summed E-state index contributed by atoms with van der Waals surface area (Å²) in [6.07, 6.45) is 4.72. The summed E-state index contributed by atoms with van der Waals surface area (Å²) in [5.74, 6) is 0.769. The Morgan fingerprint density at radius 3 is 2.29 bits per heavy atom. The van der Waals surface area contributed by atoms with Gasteiger partial charge in [0, 0.05) is 16.6 Å². The van der Waals surface area contributed by atoms with Gasteiger partial charge in [-0.15, -0.1) is 11.8 Å². The Morgan fingerprint density at radius 1 is 1.18 bits per heavy atom. The Labute approximate surface area is 109 Å². The van der Waals surface area contributed by atoms with Gasteiger partial charge in [-0.25, -0.2) is 0 Å². The van der Waals surface area contributed by atoms with Gasteiger partial charge in [0.2, 0.25) is 0 Å². The van der Waals surface area contributed by atoms with E-state index in [1.165, 1.54) is 23.4 Å². The van der Waals surface area contributed by atoms with Gasteiger partial charge in [-0.1, -0.05) is 20.8 Å². The molecular formula is C15H23NS. The van der Waals surface area contributed by atoms with Crippen LogP contribution in [0.5, 0.6) is 0 Å². The minimum Gasteiger partial charge on any atom is -0.382 e. The Kier molecular flexibility index (Phi) is 3.72. The van der Waals surface area contributed by atoms with Crippen molar-refractivity contribution in [2.75, 3.05) is 11.6 Å². The van der Waals surface area contributed by atoms with Gasteiger partial charge >= 0.3 is 0 Å². The highest BCUT2D eigenvalue weighted by Gasteiger charge is 2.36. The van der Waals surface area contributed by atoms with E-state index >= 15 is 0 Å². The van der Waals surface area contributed by atoms with Gasteiger partial charge in [0.25, 0.3) is 0 Å². The second-order valence-electron chi connectivity index (χ2n) is 6.03. The van der Waals surface area contributed by atoms with Gasteiger partial charge in [-0.3, -0.25) is 0 Å². The molecule has 0 aromatic heterocycles. The highest BCUT2D eigenvalue weighted by atomic mass is 32.2. The molecule has 0 saturated heterocycles. The van der Waals surface area contributed by atoms with Crippen LogP contribution < -0.4 is 5.32 Å². The third-order valence-corrected chi connectivity index (χ3v) is 4.52. The van der Waals surface area contributed by atoms with Crippen LogP contribution in [0, 0.1) is 11.3 Å². The zero-order chi connectivity index (χ0) is 12.5. The number of rotatable bonds is 3. The van der Waals surface area contributed by atoms with Crippen molar-refractivity contribution in [1.29, 1.82) is 0 Å². The summed E-state index contributed by atoms with van der Waals surface area (Å²) in [6, 6.07) is 9.41. The first-order valence-corrected chi connectivity index (χ1v) is 7.63. The average molecular weight is 249 g/mol. The lowest BCUT2D eigenvalue weighted by atomic mass is 9.91. The molecule has 1 N–H and O–H groups in total. The standard InChI is InChI=1S/C15H23NS/c1-11-9-15(2,3)10-14(11)16-12-5-7-13(17-4)8-6-12/h5-8,11,14,16H,9-10H2,1-4H3. The Morgan fingerprint density at radius 2 is 1.82 bits per heavy atom. The summed E-state index contributed by atoms with van der Waals surface area (Å²) in [5, 5.41) is 3.69. The largest absolute Gasteiger partial charge is 0.382 e. The van der Waals surface area contributed by atoms with Gasteiger partial charge in [0.05, 0.1) is 0 Å². The first-order chi connectivity index (χ1) is 8.00. The zero-order valence-electron chi connectivity index (χ0n) is 11.3. The summed E-state index contributed by atoms with van der Waals surface area (Å²) in [5.41, 5.74) is 1.76. The smallest absolute Gasteiger partial charge is 0.0343 e. The van der Waals surface area contributed by atoms with Crippen molar-refractivity contribution in [3.8, 4) is 0 Å². The molecule has 1 aromatic rings. The molecule has 2 heteroatoms. The molecule has 2 unspecified atom stereocenters. The molecule has 0 radical (unpaired) electrons. The molecule has 1 aromatic carbocycles. The minimum absolute atomic E-state index is 0.496. The predicted molar refractivity (Wildman–Crippen MR) is 77.8 cm³/mol. The molecule has 2 rings (SSSR count). The fourth-order valence-electron chi connectivity index (χ4n) is 2.99. The van der Waals surface area contributed by atoms with Crippen LogP contribution >= 0.6 is 11.8 Å². The first-order valence-electron chi connectivity index (χ1n) is 6.41. The predicted octanol–water partition coefficient (Wildman–Crippen LogP) is 4.65. The van der Waals surface area contributed by atoms with Gasteiger partial charge in [-0.2, -0.15) is 0 Å². The molecule has 94 valence electrons. The van der Waals surface area contributed by atoms with Crippen LogP contribution in [0.3, 0.4) is 0 Å². The number of anilines is 1. The van der Waals surface area contributed by atoms with E-state index in [-0.39, 0.29) is 0 Å². The molecule has 1 saturated carbocycles. The van der Waals surface area contributed by atoms with Gasteiger partial charge in [0.15, 0.2) is 0 Å². The van der Waals surface area contributed by atoms with Crippen molar-refractivity contribution >= 4 is 17.4 Å². The topological polar surface area (TPSA) is 12.0 Å². The van der Waals surface area contributed by atoms with Crippen LogP contribution in [0.2, 0.25) is 0 Å². The maximum absolute atomic E-state index is 3.69. The number of nitrogens with one attached hydrogen (secondary N) is 1. The first kappa shape index (κ1) is 12.8. The molecule has 0 heterocycles. The Hall–Kier alpha value is -0.630. The van der Waals surface area contributed by atoms with Crippen molar-refractivity contribution in [2.45, 2.75) is 44.6 Å². The number of hydrogen-bond donors (Lipinski definition) is 1. The molecule has 0 bridgehead atoms. The molecule has 0 aliphatic heterocycles. The summed E-state index contributed by atoms with van der Waals surface area (Å²) >= 11 is 1.79. The van der Waals surface area contributed by atoms with Crippen LogP contribution in [0.25, 0.3) is 0 Å². The molecule has 1 aliphatic rings. The second kappa shape index (κ2) is 4.93. The van der Waals surface area contributed by atoms with Crippen LogP contribution in [-0.2, 0) is 0 Å². The zero-order valence-corrected chi connectivity index (χ0v) is 12.1. The molecule has 1 nitrogen and oxygen atoms in total. The minimum atomic E-state index is 0.496. The van der Waals surface area contributed by atoms with Crippen LogP contribution in [-0.4, -0.2) is 12.3 Å². The van der Waals surface area contributed by atoms with E-state index < -0.39 is 0 Å². The van der Waals surface area contributed by atoms with Gasteiger partial charge < -0.3 is 5.32 Å². The Bertz CT molecular complexity index is 369. The maximum atomic E-state index is 3.69. The average Bonchev–Trinajstić information content (AvgIpc) is 2.53.